The van der Waals surface area contributed by atoms with Crippen molar-refractivity contribution in [2.75, 3.05) is 4.90 Å². The van der Waals surface area contributed by atoms with E-state index in [2.05, 4.69) is 165 Å². The number of aromatic nitrogens is 2. The van der Waals surface area contributed by atoms with Gasteiger partial charge in [-0.2, -0.15) is 0 Å². The van der Waals surface area contributed by atoms with Crippen molar-refractivity contribution in [2.24, 2.45) is 0 Å². The maximum atomic E-state index is 6.30. The molecule has 232 valence electrons. The first-order valence-electron chi connectivity index (χ1n) is 17.1. The van der Waals surface area contributed by atoms with Gasteiger partial charge in [0.15, 0.2) is 0 Å². The largest absolute Gasteiger partial charge is 0.456 e. The fourth-order valence-corrected chi connectivity index (χ4v) is 8.69. The smallest absolute Gasteiger partial charge is 0.135 e. The highest BCUT2D eigenvalue weighted by molar-refractivity contribution is 6.26. The first kappa shape index (κ1) is 26.2. The van der Waals surface area contributed by atoms with Gasteiger partial charge in [-0.1, -0.05) is 103 Å². The van der Waals surface area contributed by atoms with Crippen LogP contribution in [0.3, 0.4) is 0 Å². The van der Waals surface area contributed by atoms with Crippen LogP contribution in [-0.2, 0) is 0 Å². The molecule has 0 fully saturated rings. The number of hydrogen-bond donors (Lipinski definition) is 0. The second-order valence-electron chi connectivity index (χ2n) is 13.4. The van der Waals surface area contributed by atoms with Crippen molar-refractivity contribution >= 4 is 104 Å². The minimum Gasteiger partial charge on any atom is -0.456 e. The molecule has 8 aromatic carbocycles. The van der Waals surface area contributed by atoms with Crippen molar-refractivity contribution < 1.29 is 4.42 Å². The molecule has 0 saturated heterocycles. The number of benzene rings is 8. The van der Waals surface area contributed by atoms with Crippen LogP contribution in [0, 0.1) is 0 Å². The lowest BCUT2D eigenvalue weighted by Crippen LogP contribution is -2.12. The van der Waals surface area contributed by atoms with E-state index in [9.17, 15) is 0 Å². The molecule has 0 aliphatic carbocycles. The van der Waals surface area contributed by atoms with Gasteiger partial charge in [-0.05, 0) is 71.4 Å². The normalized spacial score (nSPS) is 12.4. The average Bonchev–Trinajstić information content (AvgIpc) is 3.83. The van der Waals surface area contributed by atoms with Gasteiger partial charge in [0.05, 0.1) is 38.8 Å². The number of furan rings is 1. The van der Waals surface area contributed by atoms with Crippen LogP contribution >= 0.6 is 0 Å². The number of para-hydroxylation sites is 4. The third-order valence-corrected chi connectivity index (χ3v) is 10.8. The summed E-state index contributed by atoms with van der Waals surface area (Å²) in [5.74, 6) is 0. The fraction of sp³-hybridized carbons (Fsp3) is 0. The predicted molar refractivity (Wildman–Crippen MR) is 209 cm³/mol. The quantitative estimate of drug-likeness (QED) is 0.180. The zero-order chi connectivity index (χ0) is 32.5. The zero-order valence-corrected chi connectivity index (χ0v) is 26.8. The van der Waals surface area contributed by atoms with Gasteiger partial charge in [0, 0.05) is 43.7 Å². The van der Waals surface area contributed by atoms with Crippen molar-refractivity contribution in [3.05, 3.63) is 164 Å². The first-order chi connectivity index (χ1) is 24.8. The first-order valence-corrected chi connectivity index (χ1v) is 17.1. The average molecular weight is 638 g/mol. The van der Waals surface area contributed by atoms with Crippen molar-refractivity contribution in [3.8, 4) is 0 Å². The molecular formula is C46H27N3O. The second kappa shape index (κ2) is 9.43. The Morgan fingerprint density at radius 2 is 0.960 bits per heavy atom. The highest BCUT2D eigenvalue weighted by Gasteiger charge is 2.25. The second-order valence-corrected chi connectivity index (χ2v) is 13.4. The number of fused-ring (bicyclic) bond motifs is 13. The van der Waals surface area contributed by atoms with E-state index < -0.39 is 0 Å². The standard InChI is InChI=1S/C46H27N3O/c1-2-11-29-26-30(21-20-28(29)10-1)47(31-22-25-43-37(27-31)34-14-5-8-19-42(34)50-43)40-17-9-18-41-46(40)49-39-16-7-4-13-33(39)36-24-23-35-32-12-3-6-15-38(32)48(41)44(35)45(36)49/h1-27H. The number of nitrogens with zero attached hydrogens (tertiary/aromatic N) is 3. The Bertz CT molecular complexity index is 3340. The van der Waals surface area contributed by atoms with Gasteiger partial charge in [0.2, 0.25) is 0 Å². The summed E-state index contributed by atoms with van der Waals surface area (Å²) in [6, 6.07) is 59.4. The third kappa shape index (κ3) is 3.30. The minimum atomic E-state index is 0.886. The number of rotatable bonds is 3. The predicted octanol–water partition coefficient (Wildman–Crippen LogP) is 12.8. The molecule has 4 heteroatoms. The summed E-state index contributed by atoms with van der Waals surface area (Å²) in [5.41, 5.74) is 12.3. The van der Waals surface area contributed by atoms with Crippen LogP contribution in [0.1, 0.15) is 0 Å². The third-order valence-electron chi connectivity index (χ3n) is 10.8. The van der Waals surface area contributed by atoms with E-state index in [1.165, 1.54) is 54.4 Å². The van der Waals surface area contributed by atoms with Crippen LogP contribution in [0.5, 0.6) is 0 Å². The monoisotopic (exact) mass is 637 g/mol. The molecule has 0 atom stereocenters. The maximum Gasteiger partial charge on any atom is 0.135 e. The maximum absolute atomic E-state index is 6.30. The molecule has 0 bridgehead atoms. The van der Waals surface area contributed by atoms with Crippen LogP contribution in [0.4, 0.5) is 17.1 Å². The topological polar surface area (TPSA) is 25.2 Å². The van der Waals surface area contributed by atoms with E-state index in [4.69, 9.17) is 4.42 Å². The van der Waals surface area contributed by atoms with E-state index in [0.717, 1.165) is 50.0 Å². The molecule has 0 aliphatic heterocycles. The summed E-state index contributed by atoms with van der Waals surface area (Å²) >= 11 is 0. The van der Waals surface area contributed by atoms with E-state index in [1.807, 2.05) is 12.1 Å². The van der Waals surface area contributed by atoms with E-state index >= 15 is 0 Å². The number of hydrogen-bond acceptors (Lipinski definition) is 2. The lowest BCUT2D eigenvalue weighted by Gasteiger charge is -2.28. The van der Waals surface area contributed by atoms with Gasteiger partial charge in [-0.15, -0.1) is 0 Å². The van der Waals surface area contributed by atoms with E-state index in [1.54, 1.807) is 0 Å². The molecular weight excluding hydrogens is 611 g/mol. The zero-order valence-electron chi connectivity index (χ0n) is 26.8. The summed E-state index contributed by atoms with van der Waals surface area (Å²) in [5, 5.41) is 9.70. The lowest BCUT2D eigenvalue weighted by atomic mass is 10.1. The van der Waals surface area contributed by atoms with Crippen LogP contribution in [0.25, 0.3) is 87.4 Å². The van der Waals surface area contributed by atoms with Gasteiger partial charge in [-0.3, -0.25) is 0 Å². The van der Waals surface area contributed by atoms with Crippen molar-refractivity contribution in [1.29, 1.82) is 0 Å². The Balaban J connectivity index is 1.29. The molecule has 4 aromatic heterocycles. The van der Waals surface area contributed by atoms with Crippen LogP contribution in [-0.4, -0.2) is 8.80 Å². The SMILES string of the molecule is c1ccc2cc(N(c3ccc4oc5ccccc5c4c3)c3cccc4c3n3c5ccccc5c5ccc6c7ccccc7n4c6c53)ccc2c1. The Morgan fingerprint density at radius 3 is 1.78 bits per heavy atom. The van der Waals surface area contributed by atoms with Crippen molar-refractivity contribution in [3.63, 3.8) is 0 Å². The summed E-state index contributed by atoms with van der Waals surface area (Å²) < 4.78 is 11.3. The molecule has 0 spiro atoms. The highest BCUT2D eigenvalue weighted by atomic mass is 16.3. The molecule has 0 saturated carbocycles. The minimum absolute atomic E-state index is 0.886. The summed E-state index contributed by atoms with van der Waals surface area (Å²) in [4.78, 5) is 2.43. The molecule has 0 aliphatic rings. The molecule has 50 heavy (non-hydrogen) atoms. The summed E-state index contributed by atoms with van der Waals surface area (Å²) in [6.45, 7) is 0. The molecule has 4 nitrogen and oxygen atoms in total. The Hall–Kier alpha value is -6.78. The lowest BCUT2D eigenvalue weighted by molar-refractivity contribution is 0.669. The van der Waals surface area contributed by atoms with Gasteiger partial charge < -0.3 is 18.1 Å². The Kier molecular flexibility index (Phi) is 4.94. The van der Waals surface area contributed by atoms with Gasteiger partial charge in [0.1, 0.15) is 11.2 Å². The molecule has 12 rings (SSSR count). The van der Waals surface area contributed by atoms with E-state index in [-0.39, 0.29) is 0 Å². The summed E-state index contributed by atoms with van der Waals surface area (Å²) in [7, 11) is 0. The molecule has 0 amide bonds. The van der Waals surface area contributed by atoms with Gasteiger partial charge >= 0.3 is 0 Å². The Morgan fingerprint density at radius 1 is 0.360 bits per heavy atom. The van der Waals surface area contributed by atoms with E-state index in [0.29, 0.717) is 0 Å². The van der Waals surface area contributed by atoms with Crippen LogP contribution in [0.15, 0.2) is 168 Å². The molecule has 0 radical (unpaired) electrons. The molecule has 12 aromatic rings. The molecule has 0 N–H and O–H groups in total. The van der Waals surface area contributed by atoms with Crippen LogP contribution in [0.2, 0.25) is 0 Å². The Labute approximate surface area is 285 Å². The summed E-state index contributed by atoms with van der Waals surface area (Å²) in [6.07, 6.45) is 0. The van der Waals surface area contributed by atoms with Crippen LogP contribution < -0.4 is 4.90 Å². The molecule has 0 unspecified atom stereocenters. The van der Waals surface area contributed by atoms with Gasteiger partial charge in [-0.25, -0.2) is 0 Å². The van der Waals surface area contributed by atoms with Crippen molar-refractivity contribution in [2.45, 2.75) is 0 Å². The fourth-order valence-electron chi connectivity index (χ4n) is 8.69. The highest BCUT2D eigenvalue weighted by Crippen LogP contribution is 2.47. The molecule has 4 heterocycles. The van der Waals surface area contributed by atoms with Gasteiger partial charge in [0.25, 0.3) is 0 Å². The number of anilines is 3. The van der Waals surface area contributed by atoms with Crippen molar-refractivity contribution in [1.82, 2.24) is 8.80 Å².